The van der Waals surface area contributed by atoms with Crippen molar-refractivity contribution in [3.63, 3.8) is 0 Å². The fraction of sp³-hybridized carbons (Fsp3) is 0.286. The van der Waals surface area contributed by atoms with Gasteiger partial charge in [0.2, 0.25) is 0 Å². The van der Waals surface area contributed by atoms with Crippen molar-refractivity contribution < 1.29 is 14.3 Å². The Bertz CT molecular complexity index is 893. The number of fused-ring (bicyclic) bond motifs is 1. The van der Waals surface area contributed by atoms with Gasteiger partial charge in [-0.25, -0.2) is 0 Å². The van der Waals surface area contributed by atoms with Crippen molar-refractivity contribution in [2.24, 2.45) is 0 Å². The molecule has 5 nitrogen and oxygen atoms in total. The number of carbonyl (C=O) groups excluding carboxylic acids is 2. The van der Waals surface area contributed by atoms with Gasteiger partial charge in [0.15, 0.2) is 0 Å². The van der Waals surface area contributed by atoms with E-state index in [0.29, 0.717) is 16.3 Å². The van der Waals surface area contributed by atoms with Crippen molar-refractivity contribution in [3.05, 3.63) is 64.7 Å². The van der Waals surface area contributed by atoms with Crippen molar-refractivity contribution in [1.29, 1.82) is 0 Å². The van der Waals surface area contributed by atoms with E-state index >= 15 is 0 Å². The van der Waals surface area contributed by atoms with Crippen molar-refractivity contribution in [3.8, 4) is 5.75 Å². The van der Waals surface area contributed by atoms with E-state index in [2.05, 4.69) is 11.4 Å². The molecule has 0 radical (unpaired) electrons. The van der Waals surface area contributed by atoms with Crippen LogP contribution in [0.1, 0.15) is 44.7 Å². The molecule has 0 aromatic heterocycles. The molecule has 1 heterocycles. The standard InChI is InChI=1S/C21H22N2O3S/c1-23(2)21(27)26-18-10-6-5-9-15(18)8-4-3-7-14-11-12-16-17(13-14)20(25)22-19(16)24/h5-6,9-13H,3-4,7-8H2,1-2H3,(H,22,24,25). The number of nitrogens with zero attached hydrogens (tertiary/aromatic N) is 1. The molecule has 0 saturated carbocycles. The van der Waals surface area contributed by atoms with Crippen LogP contribution < -0.4 is 10.1 Å². The zero-order valence-corrected chi connectivity index (χ0v) is 16.3. The minimum absolute atomic E-state index is 0.306. The number of aryl methyl sites for hydroxylation is 2. The average molecular weight is 382 g/mol. The minimum Gasteiger partial charge on any atom is -0.432 e. The smallest absolute Gasteiger partial charge is 0.264 e. The normalized spacial score (nSPS) is 12.5. The zero-order chi connectivity index (χ0) is 19.4. The van der Waals surface area contributed by atoms with Gasteiger partial charge >= 0.3 is 0 Å². The molecule has 2 aromatic carbocycles. The first-order valence-electron chi connectivity index (χ1n) is 8.91. The van der Waals surface area contributed by atoms with Crippen LogP contribution in [-0.2, 0) is 12.8 Å². The predicted octanol–water partition coefficient (Wildman–Crippen LogP) is 3.36. The zero-order valence-electron chi connectivity index (χ0n) is 15.5. The van der Waals surface area contributed by atoms with E-state index in [0.717, 1.165) is 42.6 Å². The molecular weight excluding hydrogens is 360 g/mol. The second-order valence-electron chi connectivity index (χ2n) is 6.74. The molecular formula is C21H22N2O3S. The highest BCUT2D eigenvalue weighted by molar-refractivity contribution is 7.80. The van der Waals surface area contributed by atoms with Gasteiger partial charge in [-0.1, -0.05) is 24.3 Å². The highest BCUT2D eigenvalue weighted by Crippen LogP contribution is 2.22. The first-order chi connectivity index (χ1) is 13.0. The number of nitrogens with one attached hydrogen (secondary N) is 1. The summed E-state index contributed by atoms with van der Waals surface area (Å²) in [5.74, 6) is 0.178. The molecule has 1 aliphatic rings. The first kappa shape index (κ1) is 19.0. The molecule has 0 fully saturated rings. The maximum absolute atomic E-state index is 11.8. The summed E-state index contributed by atoms with van der Waals surface area (Å²) >= 11 is 5.22. The first-order valence-corrected chi connectivity index (χ1v) is 9.32. The molecule has 2 aromatic rings. The number of amides is 2. The Kier molecular flexibility index (Phi) is 5.86. The summed E-state index contributed by atoms with van der Waals surface area (Å²) in [4.78, 5) is 25.1. The van der Waals surface area contributed by atoms with Crippen LogP contribution in [0.25, 0.3) is 0 Å². The van der Waals surface area contributed by atoms with Crippen LogP contribution in [0, 0.1) is 0 Å². The van der Waals surface area contributed by atoms with E-state index in [-0.39, 0.29) is 11.8 Å². The van der Waals surface area contributed by atoms with Gasteiger partial charge in [0, 0.05) is 14.1 Å². The van der Waals surface area contributed by atoms with Crippen molar-refractivity contribution in [2.75, 3.05) is 14.1 Å². The van der Waals surface area contributed by atoms with E-state index in [9.17, 15) is 9.59 Å². The highest BCUT2D eigenvalue weighted by Gasteiger charge is 2.26. The molecule has 0 atom stereocenters. The van der Waals surface area contributed by atoms with Gasteiger partial charge in [-0.3, -0.25) is 14.9 Å². The van der Waals surface area contributed by atoms with Crippen LogP contribution in [0.2, 0.25) is 0 Å². The molecule has 0 aliphatic carbocycles. The lowest BCUT2D eigenvalue weighted by Gasteiger charge is -2.16. The van der Waals surface area contributed by atoms with E-state index in [4.69, 9.17) is 17.0 Å². The molecule has 6 heteroatoms. The number of unbranched alkanes of at least 4 members (excludes halogenated alkanes) is 1. The van der Waals surface area contributed by atoms with Crippen LogP contribution in [-0.4, -0.2) is 36.0 Å². The van der Waals surface area contributed by atoms with Gasteiger partial charge in [0.05, 0.1) is 11.1 Å². The number of rotatable bonds is 6. The lowest BCUT2D eigenvalue weighted by Crippen LogP contribution is -2.25. The Morgan fingerprint density at radius 3 is 2.48 bits per heavy atom. The summed E-state index contributed by atoms with van der Waals surface area (Å²) in [5, 5.41) is 2.76. The van der Waals surface area contributed by atoms with Crippen LogP contribution in [0.15, 0.2) is 42.5 Å². The summed E-state index contributed by atoms with van der Waals surface area (Å²) in [6.45, 7) is 0. The SMILES string of the molecule is CN(C)C(=S)Oc1ccccc1CCCCc1ccc2c(c1)C(=O)NC2=O. The van der Waals surface area contributed by atoms with Gasteiger partial charge in [-0.15, -0.1) is 0 Å². The summed E-state index contributed by atoms with van der Waals surface area (Å²) in [5.41, 5.74) is 3.14. The molecule has 1 aliphatic heterocycles. The quantitative estimate of drug-likeness (QED) is 0.472. The third-order valence-corrected chi connectivity index (χ3v) is 4.95. The Morgan fingerprint density at radius 1 is 1.00 bits per heavy atom. The van der Waals surface area contributed by atoms with Crippen LogP contribution in [0.5, 0.6) is 5.75 Å². The average Bonchev–Trinajstić information content (AvgIpc) is 2.93. The molecule has 0 bridgehead atoms. The maximum Gasteiger partial charge on any atom is 0.264 e. The Balaban J connectivity index is 1.56. The molecule has 0 spiro atoms. The molecule has 140 valence electrons. The topological polar surface area (TPSA) is 58.6 Å². The minimum atomic E-state index is -0.311. The molecule has 0 unspecified atom stereocenters. The molecule has 1 N–H and O–H groups in total. The monoisotopic (exact) mass is 382 g/mol. The molecule has 2 amide bonds. The number of benzene rings is 2. The molecule has 0 saturated heterocycles. The number of carbonyl (C=O) groups is 2. The fourth-order valence-corrected chi connectivity index (χ4v) is 3.10. The number of ether oxygens (including phenoxy) is 1. The second kappa shape index (κ2) is 8.31. The molecule has 27 heavy (non-hydrogen) atoms. The Morgan fingerprint density at radius 2 is 1.70 bits per heavy atom. The van der Waals surface area contributed by atoms with E-state index in [1.165, 1.54) is 0 Å². The lowest BCUT2D eigenvalue weighted by molar-refractivity contribution is 0.0879. The fourth-order valence-electron chi connectivity index (χ4n) is 3.01. The summed E-state index contributed by atoms with van der Waals surface area (Å²) in [6.07, 6.45) is 3.70. The number of thiocarbonyl (C=S) groups is 1. The number of imide groups is 1. The number of hydrogen-bond acceptors (Lipinski definition) is 4. The van der Waals surface area contributed by atoms with Crippen molar-refractivity contribution in [1.82, 2.24) is 10.2 Å². The lowest BCUT2D eigenvalue weighted by atomic mass is 10.00. The van der Waals surface area contributed by atoms with E-state index < -0.39 is 0 Å². The highest BCUT2D eigenvalue weighted by atomic mass is 32.1. The maximum atomic E-state index is 11.8. The summed E-state index contributed by atoms with van der Waals surface area (Å²) in [6, 6.07) is 13.4. The van der Waals surface area contributed by atoms with Gasteiger partial charge < -0.3 is 9.64 Å². The van der Waals surface area contributed by atoms with Gasteiger partial charge in [-0.2, -0.15) is 0 Å². The van der Waals surface area contributed by atoms with Gasteiger partial charge in [-0.05, 0) is 67.2 Å². The van der Waals surface area contributed by atoms with Gasteiger partial charge in [0.25, 0.3) is 17.0 Å². The second-order valence-corrected chi connectivity index (χ2v) is 7.09. The van der Waals surface area contributed by atoms with Gasteiger partial charge in [0.1, 0.15) is 5.75 Å². The van der Waals surface area contributed by atoms with Crippen LogP contribution in [0.4, 0.5) is 0 Å². The third-order valence-electron chi connectivity index (χ3n) is 4.50. The van der Waals surface area contributed by atoms with E-state index in [1.807, 2.05) is 44.4 Å². The van der Waals surface area contributed by atoms with E-state index in [1.54, 1.807) is 11.0 Å². The Labute approximate surface area is 164 Å². The molecule has 3 rings (SSSR count). The van der Waals surface area contributed by atoms with Crippen LogP contribution in [0.3, 0.4) is 0 Å². The third kappa shape index (κ3) is 4.52. The number of para-hydroxylation sites is 1. The largest absolute Gasteiger partial charge is 0.432 e. The van der Waals surface area contributed by atoms with Crippen molar-refractivity contribution >= 4 is 29.2 Å². The van der Waals surface area contributed by atoms with Crippen molar-refractivity contribution in [2.45, 2.75) is 25.7 Å². The Hall–Kier alpha value is -2.73. The summed E-state index contributed by atoms with van der Waals surface area (Å²) in [7, 11) is 3.71. The van der Waals surface area contributed by atoms with Crippen LogP contribution >= 0.6 is 12.2 Å². The summed E-state index contributed by atoms with van der Waals surface area (Å²) < 4.78 is 5.78. The predicted molar refractivity (Wildman–Crippen MR) is 108 cm³/mol. The number of hydrogen-bond donors (Lipinski definition) is 1.